The SMILES string of the molecule is CC(C)(CNC(=O)C1CCCCN1S(C)(=O)=O)C(=O)O. The third kappa shape index (κ3) is 4.17. The molecule has 1 aliphatic rings. The van der Waals surface area contributed by atoms with Crippen molar-refractivity contribution in [1.82, 2.24) is 9.62 Å². The molecule has 1 fully saturated rings. The van der Waals surface area contributed by atoms with E-state index in [4.69, 9.17) is 5.11 Å². The van der Waals surface area contributed by atoms with E-state index >= 15 is 0 Å². The monoisotopic (exact) mass is 306 g/mol. The number of carboxylic acid groups (broad SMARTS) is 1. The van der Waals surface area contributed by atoms with Crippen LogP contribution in [0, 0.1) is 5.41 Å². The van der Waals surface area contributed by atoms with Gasteiger partial charge in [-0.05, 0) is 26.7 Å². The van der Waals surface area contributed by atoms with Crippen LogP contribution >= 0.6 is 0 Å². The largest absolute Gasteiger partial charge is 0.481 e. The minimum atomic E-state index is -3.43. The minimum Gasteiger partial charge on any atom is -0.481 e. The molecule has 1 amide bonds. The molecule has 0 radical (unpaired) electrons. The van der Waals surface area contributed by atoms with E-state index in [1.807, 2.05) is 0 Å². The maximum Gasteiger partial charge on any atom is 0.310 e. The Bertz CT molecular complexity index is 486. The summed E-state index contributed by atoms with van der Waals surface area (Å²) in [6, 6.07) is -0.733. The third-order valence-electron chi connectivity index (χ3n) is 3.47. The Hall–Kier alpha value is -1.15. The number of amides is 1. The van der Waals surface area contributed by atoms with Gasteiger partial charge in [0.2, 0.25) is 15.9 Å². The van der Waals surface area contributed by atoms with E-state index in [0.29, 0.717) is 13.0 Å². The molecule has 0 aromatic rings. The van der Waals surface area contributed by atoms with Gasteiger partial charge < -0.3 is 10.4 Å². The summed E-state index contributed by atoms with van der Waals surface area (Å²) in [7, 11) is -3.43. The second kappa shape index (κ2) is 6.09. The van der Waals surface area contributed by atoms with Crippen molar-refractivity contribution in [2.75, 3.05) is 19.3 Å². The fourth-order valence-electron chi connectivity index (χ4n) is 2.07. The van der Waals surface area contributed by atoms with Crippen LogP contribution in [0.15, 0.2) is 0 Å². The van der Waals surface area contributed by atoms with E-state index in [1.54, 1.807) is 0 Å². The first-order valence-corrected chi connectivity index (χ1v) is 8.38. The Balaban J connectivity index is 2.72. The van der Waals surface area contributed by atoms with Gasteiger partial charge in [-0.3, -0.25) is 9.59 Å². The number of hydrogen-bond acceptors (Lipinski definition) is 4. The lowest BCUT2D eigenvalue weighted by atomic mass is 9.93. The molecule has 116 valence electrons. The first kappa shape index (κ1) is 16.9. The summed E-state index contributed by atoms with van der Waals surface area (Å²) in [5, 5.41) is 11.5. The van der Waals surface area contributed by atoms with Gasteiger partial charge in [-0.25, -0.2) is 8.42 Å². The molecule has 1 rings (SSSR count). The molecule has 20 heavy (non-hydrogen) atoms. The molecule has 1 heterocycles. The summed E-state index contributed by atoms with van der Waals surface area (Å²) in [5.41, 5.74) is -1.08. The van der Waals surface area contributed by atoms with Crippen LogP contribution in [-0.4, -0.2) is 55.1 Å². The van der Waals surface area contributed by atoms with Crippen LogP contribution < -0.4 is 5.32 Å². The number of nitrogens with one attached hydrogen (secondary N) is 1. The van der Waals surface area contributed by atoms with Crippen LogP contribution in [0.25, 0.3) is 0 Å². The molecule has 0 aromatic carbocycles. The first-order valence-electron chi connectivity index (χ1n) is 6.53. The molecular formula is C12H22N2O5S. The summed E-state index contributed by atoms with van der Waals surface area (Å²) in [6.45, 7) is 3.31. The zero-order chi connectivity index (χ0) is 15.6. The summed E-state index contributed by atoms with van der Waals surface area (Å²) in [6.07, 6.45) is 3.07. The lowest BCUT2D eigenvalue weighted by Crippen LogP contribution is -2.53. The normalized spacial score (nSPS) is 21.4. The van der Waals surface area contributed by atoms with E-state index < -0.39 is 33.4 Å². The molecule has 1 unspecified atom stereocenters. The zero-order valence-corrected chi connectivity index (χ0v) is 12.9. The highest BCUT2D eigenvalue weighted by atomic mass is 32.2. The predicted octanol–water partition coefficient (Wildman–Crippen LogP) is 0.0275. The van der Waals surface area contributed by atoms with Gasteiger partial charge in [0.1, 0.15) is 6.04 Å². The zero-order valence-electron chi connectivity index (χ0n) is 12.0. The molecule has 0 bridgehead atoms. The summed E-state index contributed by atoms with van der Waals surface area (Å²) < 4.78 is 24.5. The van der Waals surface area contributed by atoms with Gasteiger partial charge in [0.25, 0.3) is 0 Å². The van der Waals surface area contributed by atoms with Crippen LogP contribution in [0.1, 0.15) is 33.1 Å². The van der Waals surface area contributed by atoms with Crippen LogP contribution in [0.3, 0.4) is 0 Å². The van der Waals surface area contributed by atoms with Gasteiger partial charge in [-0.15, -0.1) is 0 Å². The fraction of sp³-hybridized carbons (Fsp3) is 0.833. The van der Waals surface area contributed by atoms with Crippen LogP contribution in [0.2, 0.25) is 0 Å². The lowest BCUT2D eigenvalue weighted by Gasteiger charge is -2.33. The van der Waals surface area contributed by atoms with Crippen molar-refractivity contribution in [2.24, 2.45) is 5.41 Å². The molecule has 0 aromatic heterocycles. The highest BCUT2D eigenvalue weighted by molar-refractivity contribution is 7.88. The number of carboxylic acids is 1. The van der Waals surface area contributed by atoms with Gasteiger partial charge >= 0.3 is 5.97 Å². The summed E-state index contributed by atoms with van der Waals surface area (Å²) >= 11 is 0. The number of aliphatic carboxylic acids is 1. The Morgan fingerprint density at radius 3 is 2.45 bits per heavy atom. The van der Waals surface area contributed by atoms with E-state index in [1.165, 1.54) is 18.2 Å². The Labute approximate surface area is 119 Å². The highest BCUT2D eigenvalue weighted by Gasteiger charge is 2.35. The summed E-state index contributed by atoms with van der Waals surface area (Å²) in [5.74, 6) is -1.44. The fourth-order valence-corrected chi connectivity index (χ4v) is 3.19. The number of piperidine rings is 1. The Kier molecular flexibility index (Phi) is 5.15. The molecular weight excluding hydrogens is 284 g/mol. The number of rotatable bonds is 5. The van der Waals surface area contributed by atoms with Crippen molar-refractivity contribution < 1.29 is 23.1 Å². The smallest absolute Gasteiger partial charge is 0.310 e. The van der Waals surface area contributed by atoms with Gasteiger partial charge in [0.15, 0.2) is 0 Å². The van der Waals surface area contributed by atoms with Crippen molar-refractivity contribution in [3.8, 4) is 0 Å². The maximum atomic E-state index is 12.1. The van der Waals surface area contributed by atoms with E-state index in [-0.39, 0.29) is 6.54 Å². The Morgan fingerprint density at radius 2 is 1.95 bits per heavy atom. The predicted molar refractivity (Wildman–Crippen MR) is 73.6 cm³/mol. The van der Waals surface area contributed by atoms with E-state index in [0.717, 1.165) is 19.1 Å². The average Bonchev–Trinajstić information content (AvgIpc) is 2.35. The minimum absolute atomic E-state index is 0.0325. The number of sulfonamides is 1. The van der Waals surface area contributed by atoms with Gasteiger partial charge in [-0.2, -0.15) is 4.31 Å². The van der Waals surface area contributed by atoms with E-state index in [2.05, 4.69) is 5.32 Å². The second-order valence-corrected chi connectivity index (χ2v) is 7.73. The molecule has 1 saturated heterocycles. The number of carbonyl (C=O) groups is 2. The van der Waals surface area contributed by atoms with E-state index in [9.17, 15) is 18.0 Å². The quantitative estimate of drug-likeness (QED) is 0.745. The number of nitrogens with zero attached hydrogens (tertiary/aromatic N) is 1. The third-order valence-corrected chi connectivity index (χ3v) is 4.75. The van der Waals surface area contributed by atoms with Gasteiger partial charge in [0.05, 0.1) is 11.7 Å². The number of hydrogen-bond donors (Lipinski definition) is 2. The van der Waals surface area contributed by atoms with Crippen LogP contribution in [-0.2, 0) is 19.6 Å². The highest BCUT2D eigenvalue weighted by Crippen LogP contribution is 2.20. The Morgan fingerprint density at radius 1 is 1.35 bits per heavy atom. The molecule has 2 N–H and O–H groups in total. The van der Waals surface area contributed by atoms with Gasteiger partial charge in [-0.1, -0.05) is 6.42 Å². The van der Waals surface area contributed by atoms with Crippen molar-refractivity contribution in [2.45, 2.75) is 39.2 Å². The molecule has 0 spiro atoms. The van der Waals surface area contributed by atoms with Crippen LogP contribution in [0.4, 0.5) is 0 Å². The van der Waals surface area contributed by atoms with Gasteiger partial charge in [0, 0.05) is 13.1 Å². The maximum absolute atomic E-state index is 12.1. The van der Waals surface area contributed by atoms with Crippen molar-refractivity contribution in [1.29, 1.82) is 0 Å². The standard InChI is InChI=1S/C12H22N2O5S/c1-12(2,11(16)17)8-13-10(15)9-6-4-5-7-14(9)20(3,18)19/h9H,4-8H2,1-3H3,(H,13,15)(H,16,17). The van der Waals surface area contributed by atoms with Crippen molar-refractivity contribution >= 4 is 21.9 Å². The molecule has 1 atom stereocenters. The molecule has 8 heteroatoms. The molecule has 0 saturated carbocycles. The van der Waals surface area contributed by atoms with Crippen molar-refractivity contribution in [3.05, 3.63) is 0 Å². The lowest BCUT2D eigenvalue weighted by molar-refractivity contribution is -0.146. The van der Waals surface area contributed by atoms with Crippen LogP contribution in [0.5, 0.6) is 0 Å². The second-order valence-electron chi connectivity index (χ2n) is 5.79. The number of carbonyl (C=O) groups excluding carboxylic acids is 1. The molecule has 1 aliphatic heterocycles. The topological polar surface area (TPSA) is 104 Å². The molecule has 7 nitrogen and oxygen atoms in total. The first-order chi connectivity index (χ1) is 9.05. The molecule has 0 aliphatic carbocycles. The average molecular weight is 306 g/mol. The summed E-state index contributed by atoms with van der Waals surface area (Å²) in [4.78, 5) is 23.1. The van der Waals surface area contributed by atoms with Crippen molar-refractivity contribution in [3.63, 3.8) is 0 Å².